The summed E-state index contributed by atoms with van der Waals surface area (Å²) in [7, 11) is -3.79. The van der Waals surface area contributed by atoms with E-state index in [0.717, 1.165) is 17.5 Å². The van der Waals surface area contributed by atoms with Gasteiger partial charge in [0.05, 0.1) is 4.90 Å². The summed E-state index contributed by atoms with van der Waals surface area (Å²) in [5.41, 5.74) is 1.98. The maximum Gasteiger partial charge on any atom is 0.297 e. The molecule has 1 N–H and O–H groups in total. The van der Waals surface area contributed by atoms with Crippen molar-refractivity contribution in [2.75, 3.05) is 6.61 Å². The Morgan fingerprint density at radius 1 is 1.22 bits per heavy atom. The molecule has 122 valence electrons. The van der Waals surface area contributed by atoms with Crippen LogP contribution in [0.15, 0.2) is 47.4 Å². The van der Waals surface area contributed by atoms with E-state index in [1.54, 1.807) is 18.2 Å². The summed E-state index contributed by atoms with van der Waals surface area (Å²) in [6.45, 7) is 1.84. The van der Waals surface area contributed by atoms with Crippen molar-refractivity contribution in [1.29, 1.82) is 0 Å². The minimum Gasteiger partial charge on any atom is -0.508 e. The molecule has 0 amide bonds. The first-order valence-corrected chi connectivity index (χ1v) is 8.79. The van der Waals surface area contributed by atoms with Gasteiger partial charge in [-0.25, -0.2) is 0 Å². The Bertz CT molecular complexity index is 796. The zero-order chi connectivity index (χ0) is 16.4. The van der Waals surface area contributed by atoms with E-state index >= 15 is 0 Å². The van der Waals surface area contributed by atoms with E-state index in [-0.39, 0.29) is 23.4 Å². The second kappa shape index (κ2) is 6.22. The molecule has 1 heterocycles. The third-order valence-electron chi connectivity index (χ3n) is 3.80. The zero-order valence-electron chi connectivity index (χ0n) is 12.7. The molecule has 0 radical (unpaired) electrons. The predicted octanol–water partition coefficient (Wildman–Crippen LogP) is 2.80. The maximum atomic E-state index is 12.2. The van der Waals surface area contributed by atoms with Gasteiger partial charge in [0.1, 0.15) is 24.2 Å². The quantitative estimate of drug-likeness (QED) is 0.871. The summed E-state index contributed by atoms with van der Waals surface area (Å²) in [5.74, 6) is 0.704. The molecule has 0 bridgehead atoms. The fourth-order valence-electron chi connectivity index (χ4n) is 2.47. The number of aromatic hydroxyl groups is 1. The summed E-state index contributed by atoms with van der Waals surface area (Å²) in [4.78, 5) is 0.136. The third kappa shape index (κ3) is 3.65. The van der Waals surface area contributed by atoms with Crippen molar-refractivity contribution in [3.8, 4) is 11.5 Å². The number of ether oxygens (including phenoxy) is 1. The van der Waals surface area contributed by atoms with Crippen LogP contribution in [-0.4, -0.2) is 26.2 Å². The highest BCUT2D eigenvalue weighted by Crippen LogP contribution is 2.31. The molecule has 0 aromatic heterocycles. The molecule has 6 heteroatoms. The van der Waals surface area contributed by atoms with Gasteiger partial charge in [0, 0.05) is 6.07 Å². The van der Waals surface area contributed by atoms with Crippen LogP contribution >= 0.6 is 0 Å². The first-order chi connectivity index (χ1) is 10.9. The monoisotopic (exact) mass is 334 g/mol. The molecule has 3 rings (SSSR count). The number of benzene rings is 2. The van der Waals surface area contributed by atoms with E-state index in [1.165, 1.54) is 18.2 Å². The van der Waals surface area contributed by atoms with E-state index in [4.69, 9.17) is 8.92 Å². The largest absolute Gasteiger partial charge is 0.508 e. The van der Waals surface area contributed by atoms with Gasteiger partial charge in [0.2, 0.25) is 0 Å². The van der Waals surface area contributed by atoms with Crippen LogP contribution in [0.3, 0.4) is 0 Å². The van der Waals surface area contributed by atoms with Gasteiger partial charge in [0.15, 0.2) is 0 Å². The van der Waals surface area contributed by atoms with E-state index in [0.29, 0.717) is 12.2 Å². The Balaban J connectivity index is 1.66. The Morgan fingerprint density at radius 3 is 2.70 bits per heavy atom. The lowest BCUT2D eigenvalue weighted by molar-refractivity contribution is 0.112. The standard InChI is InChI=1S/C17H18O5S/c1-12-2-8-16(9-3-12)23(19,20)21-11-15-7-5-13-4-6-14(18)10-17(13)22-15/h2-4,6,8-10,15,18H,5,7,11H2,1H3/t15-/m1/s1. The van der Waals surface area contributed by atoms with Gasteiger partial charge in [-0.3, -0.25) is 4.18 Å². The summed E-state index contributed by atoms with van der Waals surface area (Å²) >= 11 is 0. The van der Waals surface area contributed by atoms with E-state index in [1.807, 2.05) is 13.0 Å². The Kier molecular flexibility index (Phi) is 4.28. The van der Waals surface area contributed by atoms with Crippen molar-refractivity contribution in [3.63, 3.8) is 0 Å². The number of phenols is 1. The molecule has 0 spiro atoms. The predicted molar refractivity (Wildman–Crippen MR) is 85.2 cm³/mol. The fourth-order valence-corrected chi connectivity index (χ4v) is 3.41. The minimum atomic E-state index is -3.79. The van der Waals surface area contributed by atoms with Crippen LogP contribution in [-0.2, 0) is 20.7 Å². The number of hydrogen-bond acceptors (Lipinski definition) is 5. The highest BCUT2D eigenvalue weighted by atomic mass is 32.2. The zero-order valence-corrected chi connectivity index (χ0v) is 13.5. The lowest BCUT2D eigenvalue weighted by Gasteiger charge is -2.25. The van der Waals surface area contributed by atoms with Gasteiger partial charge in [0.25, 0.3) is 10.1 Å². The summed E-state index contributed by atoms with van der Waals surface area (Å²) in [5, 5.41) is 9.50. The molecule has 2 aromatic carbocycles. The summed E-state index contributed by atoms with van der Waals surface area (Å²) in [6, 6.07) is 11.5. The van der Waals surface area contributed by atoms with Crippen LogP contribution in [0, 0.1) is 6.92 Å². The smallest absolute Gasteiger partial charge is 0.297 e. The number of aryl methyl sites for hydroxylation is 2. The SMILES string of the molecule is Cc1ccc(S(=O)(=O)OC[C@H]2CCc3ccc(O)cc3O2)cc1. The summed E-state index contributed by atoms with van der Waals surface area (Å²) < 4.78 is 35.2. The fraction of sp³-hybridized carbons (Fsp3) is 0.294. The van der Waals surface area contributed by atoms with Crippen LogP contribution in [0.25, 0.3) is 0 Å². The van der Waals surface area contributed by atoms with Gasteiger partial charge < -0.3 is 9.84 Å². The van der Waals surface area contributed by atoms with E-state index < -0.39 is 10.1 Å². The van der Waals surface area contributed by atoms with Crippen LogP contribution in [0.2, 0.25) is 0 Å². The molecular formula is C17H18O5S. The Morgan fingerprint density at radius 2 is 1.96 bits per heavy atom. The van der Waals surface area contributed by atoms with Crippen molar-refractivity contribution < 1.29 is 22.4 Å². The van der Waals surface area contributed by atoms with Crippen LogP contribution in [0.1, 0.15) is 17.5 Å². The number of phenolic OH excluding ortho intramolecular Hbond substituents is 1. The molecule has 1 aliphatic rings. The number of fused-ring (bicyclic) bond motifs is 1. The first-order valence-electron chi connectivity index (χ1n) is 7.39. The topological polar surface area (TPSA) is 72.8 Å². The number of rotatable bonds is 4. The van der Waals surface area contributed by atoms with Crippen molar-refractivity contribution in [2.45, 2.75) is 30.8 Å². The minimum absolute atomic E-state index is 0.0503. The average Bonchev–Trinajstić information content (AvgIpc) is 2.53. The maximum absolute atomic E-state index is 12.2. The van der Waals surface area contributed by atoms with Gasteiger partial charge in [-0.1, -0.05) is 23.8 Å². The molecule has 5 nitrogen and oxygen atoms in total. The van der Waals surface area contributed by atoms with Gasteiger partial charge >= 0.3 is 0 Å². The molecule has 0 fully saturated rings. The third-order valence-corrected chi connectivity index (χ3v) is 5.09. The normalized spacial score (nSPS) is 17.3. The number of hydrogen-bond donors (Lipinski definition) is 1. The van der Waals surface area contributed by atoms with Crippen molar-refractivity contribution in [1.82, 2.24) is 0 Å². The average molecular weight is 334 g/mol. The molecule has 2 aromatic rings. The highest BCUT2D eigenvalue weighted by Gasteiger charge is 2.23. The first kappa shape index (κ1) is 15.8. The van der Waals surface area contributed by atoms with E-state index in [9.17, 15) is 13.5 Å². The van der Waals surface area contributed by atoms with Crippen molar-refractivity contribution in [2.24, 2.45) is 0 Å². The molecule has 23 heavy (non-hydrogen) atoms. The summed E-state index contributed by atoms with van der Waals surface area (Å²) in [6.07, 6.45) is 1.07. The van der Waals surface area contributed by atoms with Crippen LogP contribution in [0.5, 0.6) is 11.5 Å². The second-order valence-corrected chi connectivity index (χ2v) is 7.24. The van der Waals surface area contributed by atoms with Crippen LogP contribution in [0.4, 0.5) is 0 Å². The molecule has 0 unspecified atom stereocenters. The van der Waals surface area contributed by atoms with E-state index in [2.05, 4.69) is 0 Å². The lowest BCUT2D eigenvalue weighted by Crippen LogP contribution is -2.29. The van der Waals surface area contributed by atoms with Gasteiger partial charge in [-0.2, -0.15) is 8.42 Å². The van der Waals surface area contributed by atoms with Gasteiger partial charge in [-0.15, -0.1) is 0 Å². The lowest BCUT2D eigenvalue weighted by atomic mass is 10.0. The van der Waals surface area contributed by atoms with Crippen molar-refractivity contribution >= 4 is 10.1 Å². The van der Waals surface area contributed by atoms with Crippen LogP contribution < -0.4 is 4.74 Å². The highest BCUT2D eigenvalue weighted by molar-refractivity contribution is 7.86. The molecule has 0 aliphatic carbocycles. The van der Waals surface area contributed by atoms with Crippen molar-refractivity contribution in [3.05, 3.63) is 53.6 Å². The Labute approximate surface area is 135 Å². The second-order valence-electron chi connectivity index (χ2n) is 5.62. The Hall–Kier alpha value is -2.05. The molecular weight excluding hydrogens is 316 g/mol. The molecule has 1 atom stereocenters. The molecule has 1 aliphatic heterocycles. The molecule has 0 saturated carbocycles. The van der Waals surface area contributed by atoms with Gasteiger partial charge in [-0.05, 0) is 43.5 Å². The molecule has 0 saturated heterocycles.